The van der Waals surface area contributed by atoms with Crippen molar-refractivity contribution in [3.05, 3.63) is 68.7 Å². The number of allylic oxidation sites excluding steroid dienone is 2. The fourth-order valence-corrected chi connectivity index (χ4v) is 5.00. The molecule has 1 aliphatic heterocycles. The number of halogens is 1. The second kappa shape index (κ2) is 6.05. The van der Waals surface area contributed by atoms with Crippen LogP contribution in [-0.2, 0) is 16.6 Å². The molecular weight excluding hydrogens is 404 g/mol. The minimum Gasteiger partial charge on any atom is -0.488 e. The van der Waals surface area contributed by atoms with Gasteiger partial charge in [-0.05, 0) is 59.0 Å². The Labute approximate surface area is 167 Å². The minimum atomic E-state index is -0.213. The zero-order valence-electron chi connectivity index (χ0n) is 15.5. The van der Waals surface area contributed by atoms with Crippen molar-refractivity contribution in [2.45, 2.75) is 38.2 Å². The number of carbonyl (C=O) groups is 1. The van der Waals surface area contributed by atoms with Crippen LogP contribution in [0, 0.1) is 0 Å². The van der Waals surface area contributed by atoms with E-state index in [1.165, 1.54) is 11.1 Å². The Bertz CT molecular complexity index is 997. The molecule has 1 heterocycles. The molecule has 3 aliphatic rings. The van der Waals surface area contributed by atoms with Crippen LogP contribution in [0.15, 0.2) is 46.4 Å². The lowest BCUT2D eigenvalue weighted by Gasteiger charge is -2.34. The third kappa shape index (κ3) is 2.61. The number of fused-ring (bicyclic) bond motifs is 3. The summed E-state index contributed by atoms with van der Waals surface area (Å²) in [7, 11) is 0. The van der Waals surface area contributed by atoms with Crippen molar-refractivity contribution in [2.75, 3.05) is 13.2 Å². The van der Waals surface area contributed by atoms with E-state index in [9.17, 15) is 4.79 Å². The lowest BCUT2D eigenvalue weighted by molar-refractivity contribution is 0.105. The first kappa shape index (κ1) is 17.2. The van der Waals surface area contributed by atoms with Crippen LogP contribution in [0.2, 0.25) is 0 Å². The van der Waals surface area contributed by atoms with Crippen molar-refractivity contribution >= 4 is 27.3 Å². The fraction of sp³-hybridized carbons (Fsp3) is 0.348. The van der Waals surface area contributed by atoms with Crippen LogP contribution in [0.5, 0.6) is 5.75 Å². The highest BCUT2D eigenvalue weighted by atomic mass is 79.9. The smallest absolute Gasteiger partial charge is 0.193 e. The molecule has 0 N–H and O–H groups in total. The van der Waals surface area contributed by atoms with Crippen LogP contribution in [0.1, 0.15) is 47.3 Å². The number of hydrogen-bond donors (Lipinski definition) is 0. The molecule has 0 aromatic heterocycles. The molecule has 1 saturated heterocycles. The molecule has 0 unspecified atom stereocenters. The summed E-state index contributed by atoms with van der Waals surface area (Å²) in [6.45, 7) is 5.83. The monoisotopic (exact) mass is 424 g/mol. The number of hydrogen-bond acceptors (Lipinski definition) is 3. The van der Waals surface area contributed by atoms with E-state index in [0.717, 1.165) is 51.9 Å². The second-order valence-electron chi connectivity index (χ2n) is 8.10. The average Bonchev–Trinajstić information content (AvgIpc) is 3.27. The largest absolute Gasteiger partial charge is 0.488 e. The maximum atomic E-state index is 13.4. The molecule has 2 aromatic rings. The van der Waals surface area contributed by atoms with Gasteiger partial charge in [-0.25, -0.2) is 0 Å². The van der Waals surface area contributed by atoms with Gasteiger partial charge in [-0.2, -0.15) is 0 Å². The van der Waals surface area contributed by atoms with Crippen LogP contribution < -0.4 is 4.74 Å². The molecule has 0 amide bonds. The highest BCUT2D eigenvalue weighted by molar-refractivity contribution is 9.10. The fourth-order valence-electron chi connectivity index (χ4n) is 4.59. The summed E-state index contributed by atoms with van der Waals surface area (Å²) in [5, 5.41) is 0. The molecule has 5 rings (SSSR count). The summed E-state index contributed by atoms with van der Waals surface area (Å²) in [5.41, 5.74) is 6.07. The Kier molecular flexibility index (Phi) is 3.85. The first-order chi connectivity index (χ1) is 12.9. The van der Waals surface area contributed by atoms with E-state index in [4.69, 9.17) is 9.47 Å². The molecule has 138 valence electrons. The highest BCUT2D eigenvalue weighted by Gasteiger charge is 2.43. The molecular formula is C23H21BrO3. The molecule has 2 aliphatic carbocycles. The van der Waals surface area contributed by atoms with Crippen molar-refractivity contribution in [3.63, 3.8) is 0 Å². The molecule has 0 saturated carbocycles. The molecule has 4 heteroatoms. The summed E-state index contributed by atoms with van der Waals surface area (Å²) in [6.07, 6.45) is 1.84. The van der Waals surface area contributed by atoms with Gasteiger partial charge in [0.05, 0.1) is 13.2 Å². The van der Waals surface area contributed by atoms with Crippen molar-refractivity contribution in [3.8, 4) is 5.75 Å². The number of rotatable bonds is 2. The molecule has 1 fully saturated rings. The second-order valence-corrected chi connectivity index (χ2v) is 9.01. The van der Waals surface area contributed by atoms with Crippen LogP contribution >= 0.6 is 15.9 Å². The number of ketones is 1. The zero-order chi connectivity index (χ0) is 18.8. The first-order valence-corrected chi connectivity index (χ1v) is 10.2. The van der Waals surface area contributed by atoms with Crippen molar-refractivity contribution in [2.24, 2.45) is 0 Å². The van der Waals surface area contributed by atoms with E-state index in [2.05, 4.69) is 48.0 Å². The van der Waals surface area contributed by atoms with E-state index >= 15 is 0 Å². The Balaban J connectivity index is 1.58. The minimum absolute atomic E-state index is 0.105. The van der Waals surface area contributed by atoms with E-state index in [1.54, 1.807) is 0 Å². The Morgan fingerprint density at radius 1 is 1.15 bits per heavy atom. The summed E-state index contributed by atoms with van der Waals surface area (Å²) >= 11 is 3.56. The predicted molar refractivity (Wildman–Crippen MR) is 108 cm³/mol. The van der Waals surface area contributed by atoms with Crippen LogP contribution in [-0.4, -0.2) is 25.1 Å². The molecule has 3 nitrogen and oxygen atoms in total. The molecule has 1 atom stereocenters. The van der Waals surface area contributed by atoms with Gasteiger partial charge in [-0.15, -0.1) is 0 Å². The van der Waals surface area contributed by atoms with E-state index in [0.29, 0.717) is 6.61 Å². The lowest BCUT2D eigenvalue weighted by Crippen LogP contribution is -2.30. The van der Waals surface area contributed by atoms with Crippen molar-refractivity contribution < 1.29 is 14.3 Å². The number of carbonyl (C=O) groups excluding carboxylic acids is 1. The number of benzene rings is 2. The molecule has 0 radical (unpaired) electrons. The number of ether oxygens (including phenoxy) is 2. The quantitative estimate of drug-likeness (QED) is 0.672. The topological polar surface area (TPSA) is 35.5 Å². The van der Waals surface area contributed by atoms with Gasteiger partial charge in [-0.3, -0.25) is 4.79 Å². The van der Waals surface area contributed by atoms with E-state index in [1.807, 2.05) is 18.2 Å². The third-order valence-electron chi connectivity index (χ3n) is 6.09. The number of Topliss-reactive ketones (excluding diaryl/α,β-unsaturated/α-hetero) is 1. The van der Waals surface area contributed by atoms with Crippen LogP contribution in [0.4, 0.5) is 0 Å². The van der Waals surface area contributed by atoms with Gasteiger partial charge in [-0.1, -0.05) is 35.8 Å². The van der Waals surface area contributed by atoms with Crippen molar-refractivity contribution in [1.29, 1.82) is 0 Å². The molecule has 2 aromatic carbocycles. The Hall–Kier alpha value is -1.91. The molecule has 27 heavy (non-hydrogen) atoms. The van der Waals surface area contributed by atoms with Gasteiger partial charge in [0.25, 0.3) is 0 Å². The average molecular weight is 425 g/mol. The van der Waals surface area contributed by atoms with E-state index < -0.39 is 0 Å². The molecule has 0 bridgehead atoms. The zero-order valence-corrected chi connectivity index (χ0v) is 17.1. The summed E-state index contributed by atoms with van der Waals surface area (Å²) in [6, 6.07) is 12.1. The van der Waals surface area contributed by atoms with Crippen LogP contribution in [0.3, 0.4) is 0 Å². The first-order valence-electron chi connectivity index (χ1n) is 9.41. The standard InChI is InChI=1S/C23H21BrO3/c1-23(2)19-11-15(27-16-7-8-26-12-16)4-6-18(19)22(25)21-17-5-3-14(24)9-13(17)10-20(21)23/h3-6,9,11,16H,7-8,10,12H2,1-2H3/t16-/m0/s1. The van der Waals surface area contributed by atoms with Gasteiger partial charge in [0, 0.05) is 27.4 Å². The molecule has 0 spiro atoms. The SMILES string of the molecule is CC1(C)C2=C(C(=O)c3ccc(O[C@H]4CCOC4)cc31)c1ccc(Br)cc1C2. The third-order valence-corrected chi connectivity index (χ3v) is 6.58. The summed E-state index contributed by atoms with van der Waals surface area (Å²) in [4.78, 5) is 13.4. The van der Waals surface area contributed by atoms with E-state index in [-0.39, 0.29) is 17.3 Å². The predicted octanol–water partition coefficient (Wildman–Crippen LogP) is 5.10. The van der Waals surface area contributed by atoms with Gasteiger partial charge in [0.1, 0.15) is 11.9 Å². The highest BCUT2D eigenvalue weighted by Crippen LogP contribution is 2.50. The summed E-state index contributed by atoms with van der Waals surface area (Å²) in [5.74, 6) is 0.962. The Morgan fingerprint density at radius 2 is 1.96 bits per heavy atom. The maximum Gasteiger partial charge on any atom is 0.193 e. The van der Waals surface area contributed by atoms with Gasteiger partial charge >= 0.3 is 0 Å². The van der Waals surface area contributed by atoms with Crippen molar-refractivity contribution in [1.82, 2.24) is 0 Å². The Morgan fingerprint density at radius 3 is 2.74 bits per heavy atom. The van der Waals surface area contributed by atoms with Crippen LogP contribution in [0.25, 0.3) is 5.57 Å². The van der Waals surface area contributed by atoms with Gasteiger partial charge in [0.15, 0.2) is 5.78 Å². The van der Waals surface area contributed by atoms with Gasteiger partial charge in [0.2, 0.25) is 0 Å². The maximum absolute atomic E-state index is 13.4. The lowest BCUT2D eigenvalue weighted by atomic mass is 9.68. The van der Waals surface area contributed by atoms with Gasteiger partial charge < -0.3 is 9.47 Å². The normalized spacial score (nSPS) is 22.5. The summed E-state index contributed by atoms with van der Waals surface area (Å²) < 4.78 is 12.6.